The fourth-order valence-corrected chi connectivity index (χ4v) is 3.13. The fraction of sp³-hybridized carbons (Fsp3) is 0.476. The molecule has 1 N–H and O–H groups in total. The van der Waals surface area contributed by atoms with Crippen LogP contribution in [-0.4, -0.2) is 64.0 Å². The maximum Gasteiger partial charge on any atom is 0.406 e. The number of anilines is 1. The number of nitrogens with zero attached hydrogens (tertiary/aromatic N) is 4. The molecule has 0 aliphatic heterocycles. The number of carbonyl (C=O) groups excluding carboxylic acids is 2. The van der Waals surface area contributed by atoms with Crippen molar-refractivity contribution in [2.75, 3.05) is 26.0 Å². The zero-order chi connectivity index (χ0) is 23.2. The van der Waals surface area contributed by atoms with Crippen molar-refractivity contribution in [2.24, 2.45) is 0 Å². The van der Waals surface area contributed by atoms with E-state index in [1.54, 1.807) is 24.9 Å². The second-order valence-corrected chi connectivity index (χ2v) is 7.43. The van der Waals surface area contributed by atoms with E-state index in [0.717, 1.165) is 16.6 Å². The number of halogens is 3. The summed E-state index contributed by atoms with van der Waals surface area (Å²) in [5.74, 6) is -0.446. The Balaban J connectivity index is 1.94. The van der Waals surface area contributed by atoms with E-state index in [0.29, 0.717) is 5.69 Å². The summed E-state index contributed by atoms with van der Waals surface area (Å²) in [5.41, 5.74) is 1.70. The van der Waals surface area contributed by atoms with E-state index < -0.39 is 18.8 Å². The highest BCUT2D eigenvalue weighted by Gasteiger charge is 2.30. The summed E-state index contributed by atoms with van der Waals surface area (Å²) >= 11 is 0. The van der Waals surface area contributed by atoms with Crippen LogP contribution in [0.3, 0.4) is 0 Å². The van der Waals surface area contributed by atoms with Crippen LogP contribution in [0, 0.1) is 0 Å². The van der Waals surface area contributed by atoms with Crippen LogP contribution in [0.2, 0.25) is 0 Å². The summed E-state index contributed by atoms with van der Waals surface area (Å²) < 4.78 is 39.1. The number of rotatable bonds is 9. The van der Waals surface area contributed by atoms with Crippen molar-refractivity contribution in [3.05, 3.63) is 48.0 Å². The van der Waals surface area contributed by atoms with Crippen molar-refractivity contribution in [3.8, 4) is 0 Å². The number of aryl methyl sites for hydroxylation is 1. The Labute approximate surface area is 179 Å². The van der Waals surface area contributed by atoms with Gasteiger partial charge in [0.15, 0.2) is 0 Å². The molecule has 0 aliphatic rings. The molecule has 170 valence electrons. The third-order valence-corrected chi connectivity index (χ3v) is 4.99. The fourth-order valence-electron chi connectivity index (χ4n) is 3.13. The van der Waals surface area contributed by atoms with E-state index in [2.05, 4.69) is 10.3 Å². The predicted molar refractivity (Wildman–Crippen MR) is 111 cm³/mol. The summed E-state index contributed by atoms with van der Waals surface area (Å²) in [5, 5.41) is 2.81. The van der Waals surface area contributed by atoms with Gasteiger partial charge in [0.1, 0.15) is 12.4 Å². The molecule has 1 atom stereocenters. The van der Waals surface area contributed by atoms with Crippen molar-refractivity contribution >= 4 is 17.5 Å². The van der Waals surface area contributed by atoms with E-state index in [9.17, 15) is 22.8 Å². The summed E-state index contributed by atoms with van der Waals surface area (Å²) in [6.07, 6.45) is -1.05. The normalized spacial score (nSPS) is 12.6. The number of imidazole rings is 1. The molecule has 1 unspecified atom stereocenters. The third kappa shape index (κ3) is 7.09. The first-order valence-corrected chi connectivity index (χ1v) is 9.91. The summed E-state index contributed by atoms with van der Waals surface area (Å²) in [4.78, 5) is 32.0. The van der Waals surface area contributed by atoms with E-state index in [1.165, 1.54) is 24.3 Å². The number of para-hydroxylation sites is 1. The van der Waals surface area contributed by atoms with Gasteiger partial charge in [0.05, 0.1) is 19.1 Å². The maximum absolute atomic E-state index is 12.7. The molecule has 0 saturated carbocycles. The maximum atomic E-state index is 12.7. The molecule has 2 rings (SSSR count). The Hall–Kier alpha value is -2.88. The Morgan fingerprint density at radius 2 is 1.90 bits per heavy atom. The minimum atomic E-state index is -4.36. The molecule has 0 saturated heterocycles. The van der Waals surface area contributed by atoms with Gasteiger partial charge in [-0.3, -0.25) is 14.5 Å². The number of hydrogen-bond acceptors (Lipinski definition) is 4. The van der Waals surface area contributed by atoms with Gasteiger partial charge in [-0.15, -0.1) is 0 Å². The first-order valence-electron chi connectivity index (χ1n) is 9.91. The summed E-state index contributed by atoms with van der Waals surface area (Å²) in [7, 11) is 3.14. The number of nitrogens with one attached hydrogen (secondary N) is 1. The molecule has 2 aromatic rings. The highest BCUT2D eigenvalue weighted by Crippen LogP contribution is 2.19. The lowest BCUT2D eigenvalue weighted by Gasteiger charge is -2.28. The number of carbonyl (C=O) groups is 2. The van der Waals surface area contributed by atoms with Gasteiger partial charge in [-0.05, 0) is 32.0 Å². The third-order valence-electron chi connectivity index (χ3n) is 4.99. The summed E-state index contributed by atoms with van der Waals surface area (Å²) in [6.45, 7) is 2.40. The van der Waals surface area contributed by atoms with E-state index >= 15 is 0 Å². The van der Waals surface area contributed by atoms with Crippen molar-refractivity contribution in [3.63, 3.8) is 0 Å². The molecule has 1 heterocycles. The quantitative estimate of drug-likeness (QED) is 0.652. The van der Waals surface area contributed by atoms with Crippen molar-refractivity contribution in [1.29, 1.82) is 0 Å². The first kappa shape index (κ1) is 24.4. The van der Waals surface area contributed by atoms with Gasteiger partial charge >= 0.3 is 6.18 Å². The largest absolute Gasteiger partial charge is 0.406 e. The van der Waals surface area contributed by atoms with Gasteiger partial charge in [-0.2, -0.15) is 13.2 Å². The van der Waals surface area contributed by atoms with E-state index in [4.69, 9.17) is 0 Å². The van der Waals surface area contributed by atoms with Gasteiger partial charge in [0, 0.05) is 25.1 Å². The van der Waals surface area contributed by atoms with Crippen LogP contribution in [0.5, 0.6) is 0 Å². The van der Waals surface area contributed by atoms with Crippen LogP contribution >= 0.6 is 0 Å². The minimum absolute atomic E-state index is 0.0555. The van der Waals surface area contributed by atoms with Gasteiger partial charge in [0.2, 0.25) is 11.8 Å². The van der Waals surface area contributed by atoms with Crippen LogP contribution in [-0.2, 0) is 29.1 Å². The molecule has 0 fully saturated rings. The molecule has 0 spiro atoms. The predicted octanol–water partition coefficient (Wildman–Crippen LogP) is 2.93. The molecule has 1 aromatic carbocycles. The van der Waals surface area contributed by atoms with Crippen LogP contribution < -0.4 is 5.32 Å². The number of benzene rings is 1. The number of likely N-dealkylation sites (N-methyl/N-ethyl adjacent to an activating group) is 2. The van der Waals surface area contributed by atoms with Crippen LogP contribution in [0.1, 0.15) is 25.2 Å². The van der Waals surface area contributed by atoms with Crippen molar-refractivity contribution in [1.82, 2.24) is 19.4 Å². The lowest BCUT2D eigenvalue weighted by molar-refractivity contribution is -0.141. The van der Waals surface area contributed by atoms with Crippen molar-refractivity contribution in [2.45, 2.75) is 45.6 Å². The topological polar surface area (TPSA) is 70.5 Å². The number of aromatic nitrogens is 2. The average Bonchev–Trinajstić information content (AvgIpc) is 3.11. The average molecular weight is 439 g/mol. The van der Waals surface area contributed by atoms with Crippen LogP contribution in [0.4, 0.5) is 18.9 Å². The molecule has 0 radical (unpaired) electrons. The Bertz CT molecular complexity index is 897. The molecular formula is C21H28F3N5O2. The molecule has 2 amide bonds. The highest BCUT2D eigenvalue weighted by atomic mass is 19.4. The van der Waals surface area contributed by atoms with Crippen molar-refractivity contribution < 1.29 is 22.8 Å². The number of hydrogen-bond donors (Lipinski definition) is 1. The summed E-state index contributed by atoms with van der Waals surface area (Å²) in [6, 6.07) is 6.78. The Morgan fingerprint density at radius 3 is 2.55 bits per heavy atom. The molecule has 7 nitrogen and oxygen atoms in total. The van der Waals surface area contributed by atoms with Gasteiger partial charge in [0.25, 0.3) is 0 Å². The first-order chi connectivity index (χ1) is 14.5. The highest BCUT2D eigenvalue weighted by molar-refractivity contribution is 5.95. The van der Waals surface area contributed by atoms with Crippen LogP contribution in [0.15, 0.2) is 36.7 Å². The zero-order valence-electron chi connectivity index (χ0n) is 18.1. The molecule has 1 aromatic heterocycles. The Morgan fingerprint density at radius 1 is 1.23 bits per heavy atom. The second-order valence-electron chi connectivity index (χ2n) is 7.43. The zero-order valence-corrected chi connectivity index (χ0v) is 18.1. The lowest BCUT2D eigenvalue weighted by Crippen LogP contribution is -2.46. The molecule has 10 heteroatoms. The van der Waals surface area contributed by atoms with Gasteiger partial charge in [-0.25, -0.2) is 4.98 Å². The molecule has 0 aliphatic carbocycles. The molecule has 31 heavy (non-hydrogen) atoms. The number of alkyl halides is 3. The number of amides is 2. The smallest absolute Gasteiger partial charge is 0.335 e. The Kier molecular flexibility index (Phi) is 8.21. The van der Waals surface area contributed by atoms with Gasteiger partial charge in [-0.1, -0.05) is 25.1 Å². The molecule has 0 bridgehead atoms. The SMILES string of the molecule is CCc1ccccc1NC(=O)CN(C)C(=O)C(C)N(C)Cc1nccn1CC(F)(F)F. The molecular weight excluding hydrogens is 411 g/mol. The lowest BCUT2D eigenvalue weighted by atomic mass is 10.1. The van der Waals surface area contributed by atoms with Crippen LogP contribution in [0.25, 0.3) is 0 Å². The van der Waals surface area contributed by atoms with Gasteiger partial charge < -0.3 is 14.8 Å². The standard InChI is InChI=1S/C21H28F3N5O2/c1-5-16-8-6-7-9-17(16)26-19(30)13-28(4)20(31)15(2)27(3)12-18-25-10-11-29(18)14-21(22,23)24/h6-11,15H,5,12-14H2,1-4H3,(H,26,30). The van der Waals surface area contributed by atoms with E-state index in [1.807, 2.05) is 25.1 Å². The monoisotopic (exact) mass is 439 g/mol. The van der Waals surface area contributed by atoms with E-state index in [-0.39, 0.29) is 30.7 Å². The minimum Gasteiger partial charge on any atom is -0.335 e. The second kappa shape index (κ2) is 10.4.